The van der Waals surface area contributed by atoms with Crippen LogP contribution in [0.1, 0.15) is 31.7 Å². The lowest BCUT2D eigenvalue weighted by atomic mass is 9.91. The maximum Gasteiger partial charge on any atom is 0.322 e. The molecule has 0 aliphatic carbocycles. The van der Waals surface area contributed by atoms with E-state index < -0.39 is 6.04 Å². The Morgan fingerprint density at radius 1 is 1.18 bits per heavy atom. The molecular formula is C17H27NO4. The molecule has 0 bridgehead atoms. The first-order valence-corrected chi connectivity index (χ1v) is 7.59. The van der Waals surface area contributed by atoms with Crippen molar-refractivity contribution in [1.82, 2.24) is 0 Å². The Morgan fingerprint density at radius 3 is 2.41 bits per heavy atom. The quantitative estimate of drug-likeness (QED) is 0.710. The first-order valence-electron chi connectivity index (χ1n) is 7.59. The molecule has 2 N–H and O–H groups in total. The maximum atomic E-state index is 11.4. The van der Waals surface area contributed by atoms with E-state index >= 15 is 0 Å². The SMILES string of the molecule is CCC(CCc1ccc(OC)c(OC)c1)CC(N)C(=O)OC. The van der Waals surface area contributed by atoms with E-state index in [9.17, 15) is 4.79 Å². The topological polar surface area (TPSA) is 70.8 Å². The fourth-order valence-corrected chi connectivity index (χ4v) is 2.50. The van der Waals surface area contributed by atoms with Gasteiger partial charge in [-0.05, 0) is 42.9 Å². The molecule has 0 aliphatic rings. The Kier molecular flexibility index (Phi) is 7.74. The van der Waals surface area contributed by atoms with Crippen LogP contribution in [-0.4, -0.2) is 33.3 Å². The number of hydrogen-bond donors (Lipinski definition) is 1. The number of carbonyl (C=O) groups is 1. The Morgan fingerprint density at radius 2 is 1.86 bits per heavy atom. The average molecular weight is 309 g/mol. The van der Waals surface area contributed by atoms with Crippen molar-refractivity contribution in [1.29, 1.82) is 0 Å². The minimum atomic E-state index is -0.541. The zero-order chi connectivity index (χ0) is 16.5. The smallest absolute Gasteiger partial charge is 0.322 e. The molecule has 2 atom stereocenters. The molecule has 0 heterocycles. The van der Waals surface area contributed by atoms with Crippen LogP contribution in [0.2, 0.25) is 0 Å². The molecule has 0 radical (unpaired) electrons. The van der Waals surface area contributed by atoms with Crippen LogP contribution in [0.5, 0.6) is 11.5 Å². The molecule has 0 amide bonds. The van der Waals surface area contributed by atoms with Gasteiger partial charge in [-0.15, -0.1) is 0 Å². The van der Waals surface area contributed by atoms with Gasteiger partial charge in [-0.2, -0.15) is 0 Å². The van der Waals surface area contributed by atoms with Crippen molar-refractivity contribution >= 4 is 5.97 Å². The second-order valence-corrected chi connectivity index (χ2v) is 5.37. The highest BCUT2D eigenvalue weighted by Gasteiger charge is 2.19. The Hall–Kier alpha value is -1.75. The summed E-state index contributed by atoms with van der Waals surface area (Å²) in [5.74, 6) is 1.51. The Bertz CT molecular complexity index is 476. The molecule has 124 valence electrons. The van der Waals surface area contributed by atoms with Crippen LogP contribution in [-0.2, 0) is 16.0 Å². The largest absolute Gasteiger partial charge is 0.493 e. The Balaban J connectivity index is 2.61. The molecule has 2 unspecified atom stereocenters. The molecule has 0 aliphatic heterocycles. The van der Waals surface area contributed by atoms with E-state index in [1.54, 1.807) is 14.2 Å². The standard InChI is InChI=1S/C17H27NO4/c1-5-12(10-14(18)17(19)22-4)6-7-13-8-9-15(20-2)16(11-13)21-3/h8-9,11-12,14H,5-7,10,18H2,1-4H3. The van der Waals surface area contributed by atoms with Crippen LogP contribution in [0.4, 0.5) is 0 Å². The zero-order valence-corrected chi connectivity index (χ0v) is 13.9. The van der Waals surface area contributed by atoms with Gasteiger partial charge >= 0.3 is 5.97 Å². The molecule has 1 rings (SSSR count). The predicted molar refractivity (Wildman–Crippen MR) is 86.3 cm³/mol. The van der Waals surface area contributed by atoms with E-state index in [-0.39, 0.29) is 5.97 Å². The van der Waals surface area contributed by atoms with Gasteiger partial charge in [0.1, 0.15) is 6.04 Å². The average Bonchev–Trinajstić information content (AvgIpc) is 2.56. The summed E-state index contributed by atoms with van der Waals surface area (Å²) in [6.07, 6.45) is 3.51. The normalized spacial score (nSPS) is 13.3. The second kappa shape index (κ2) is 9.30. The number of nitrogens with two attached hydrogens (primary N) is 1. The summed E-state index contributed by atoms with van der Waals surface area (Å²) in [6.45, 7) is 2.11. The van der Waals surface area contributed by atoms with Crippen LogP contribution in [0.25, 0.3) is 0 Å². The summed E-state index contributed by atoms with van der Waals surface area (Å²) in [6, 6.07) is 5.40. The lowest BCUT2D eigenvalue weighted by molar-refractivity contribution is -0.142. The van der Waals surface area contributed by atoms with Crippen LogP contribution in [0.3, 0.4) is 0 Å². The molecule has 22 heavy (non-hydrogen) atoms. The first-order chi connectivity index (χ1) is 10.5. The number of aryl methyl sites for hydroxylation is 1. The van der Waals surface area contributed by atoms with Crippen LogP contribution < -0.4 is 15.2 Å². The van der Waals surface area contributed by atoms with Gasteiger partial charge in [-0.1, -0.05) is 19.4 Å². The molecule has 0 saturated heterocycles. The van der Waals surface area contributed by atoms with E-state index in [1.807, 2.05) is 18.2 Å². The summed E-state index contributed by atoms with van der Waals surface area (Å²) in [4.78, 5) is 11.4. The van der Waals surface area contributed by atoms with Gasteiger partial charge in [-0.25, -0.2) is 0 Å². The Labute approximate surface area is 132 Å². The van der Waals surface area contributed by atoms with Crippen molar-refractivity contribution in [3.8, 4) is 11.5 Å². The summed E-state index contributed by atoms with van der Waals surface area (Å²) >= 11 is 0. The van der Waals surface area contributed by atoms with E-state index in [4.69, 9.17) is 15.2 Å². The second-order valence-electron chi connectivity index (χ2n) is 5.37. The fourth-order valence-electron chi connectivity index (χ4n) is 2.50. The van der Waals surface area contributed by atoms with Gasteiger partial charge in [0.25, 0.3) is 0 Å². The predicted octanol–water partition coefficient (Wildman–Crippen LogP) is 2.55. The summed E-state index contributed by atoms with van der Waals surface area (Å²) in [7, 11) is 4.62. The molecular weight excluding hydrogens is 282 g/mol. The number of carbonyl (C=O) groups excluding carboxylic acids is 1. The lowest BCUT2D eigenvalue weighted by Gasteiger charge is -2.18. The molecule has 0 saturated carbocycles. The van der Waals surface area contributed by atoms with Crippen LogP contribution in [0.15, 0.2) is 18.2 Å². The zero-order valence-electron chi connectivity index (χ0n) is 13.9. The summed E-state index contributed by atoms with van der Waals surface area (Å²) < 4.78 is 15.2. The van der Waals surface area contributed by atoms with Crippen molar-refractivity contribution < 1.29 is 19.0 Å². The first kappa shape index (κ1) is 18.3. The minimum absolute atomic E-state index is 0.343. The number of hydrogen-bond acceptors (Lipinski definition) is 5. The number of benzene rings is 1. The highest BCUT2D eigenvalue weighted by Crippen LogP contribution is 2.29. The number of methoxy groups -OCH3 is 3. The fraction of sp³-hybridized carbons (Fsp3) is 0.588. The molecule has 1 aromatic carbocycles. The highest BCUT2D eigenvalue weighted by molar-refractivity contribution is 5.75. The number of rotatable bonds is 9. The number of esters is 1. The van der Waals surface area contributed by atoms with E-state index in [0.29, 0.717) is 12.3 Å². The molecule has 0 aromatic heterocycles. The van der Waals surface area contributed by atoms with E-state index in [0.717, 1.165) is 30.8 Å². The van der Waals surface area contributed by atoms with Crippen molar-refractivity contribution in [3.05, 3.63) is 23.8 Å². The maximum absolute atomic E-state index is 11.4. The summed E-state index contributed by atoms with van der Waals surface area (Å²) in [5.41, 5.74) is 7.03. The molecule has 0 spiro atoms. The van der Waals surface area contributed by atoms with Crippen molar-refractivity contribution in [2.75, 3.05) is 21.3 Å². The van der Waals surface area contributed by atoms with Crippen LogP contribution >= 0.6 is 0 Å². The third kappa shape index (κ3) is 5.22. The third-order valence-corrected chi connectivity index (χ3v) is 3.96. The minimum Gasteiger partial charge on any atom is -0.493 e. The van der Waals surface area contributed by atoms with Crippen LogP contribution in [0, 0.1) is 5.92 Å². The van der Waals surface area contributed by atoms with E-state index in [2.05, 4.69) is 11.7 Å². The monoisotopic (exact) mass is 309 g/mol. The van der Waals surface area contributed by atoms with Crippen molar-refractivity contribution in [2.24, 2.45) is 11.7 Å². The van der Waals surface area contributed by atoms with Crippen molar-refractivity contribution in [2.45, 2.75) is 38.6 Å². The summed E-state index contributed by atoms with van der Waals surface area (Å²) in [5, 5.41) is 0. The van der Waals surface area contributed by atoms with Gasteiger partial charge in [0.05, 0.1) is 21.3 Å². The highest BCUT2D eigenvalue weighted by atomic mass is 16.5. The molecule has 1 aromatic rings. The number of ether oxygens (including phenoxy) is 3. The molecule has 5 heteroatoms. The van der Waals surface area contributed by atoms with Crippen molar-refractivity contribution in [3.63, 3.8) is 0 Å². The van der Waals surface area contributed by atoms with E-state index in [1.165, 1.54) is 12.7 Å². The third-order valence-electron chi connectivity index (χ3n) is 3.96. The van der Waals surface area contributed by atoms with Gasteiger partial charge in [-0.3, -0.25) is 4.79 Å². The lowest BCUT2D eigenvalue weighted by Crippen LogP contribution is -2.33. The molecule has 5 nitrogen and oxygen atoms in total. The van der Waals surface area contributed by atoms with Gasteiger partial charge in [0.2, 0.25) is 0 Å². The van der Waals surface area contributed by atoms with Gasteiger partial charge in [0, 0.05) is 0 Å². The van der Waals surface area contributed by atoms with Gasteiger partial charge in [0.15, 0.2) is 11.5 Å². The molecule has 0 fully saturated rings. The van der Waals surface area contributed by atoms with Gasteiger partial charge < -0.3 is 19.9 Å².